The Morgan fingerprint density at radius 2 is 2.24 bits per heavy atom. The average molecular weight is 341 g/mol. The third-order valence-electron chi connectivity index (χ3n) is 4.57. The molecule has 2 N–H and O–H groups in total. The van der Waals surface area contributed by atoms with E-state index in [2.05, 4.69) is 15.3 Å². The van der Waals surface area contributed by atoms with Crippen LogP contribution in [0.1, 0.15) is 31.5 Å². The number of aromatic nitrogens is 2. The topological polar surface area (TPSA) is 81.3 Å². The van der Waals surface area contributed by atoms with Gasteiger partial charge >= 0.3 is 6.03 Å². The number of carbonyl (C=O) groups excluding carboxylic acids is 2. The van der Waals surface area contributed by atoms with Crippen molar-refractivity contribution in [3.8, 4) is 0 Å². The van der Waals surface area contributed by atoms with Gasteiger partial charge < -0.3 is 20.1 Å². The van der Waals surface area contributed by atoms with E-state index in [9.17, 15) is 9.59 Å². The lowest BCUT2D eigenvalue weighted by Crippen LogP contribution is -2.41. The molecular weight excluding hydrogens is 318 g/mol. The molecule has 1 fully saturated rings. The molecule has 1 saturated heterocycles. The highest BCUT2D eigenvalue weighted by atomic mass is 16.2. The number of nitrogens with one attached hydrogen (secondary N) is 2. The van der Waals surface area contributed by atoms with Crippen molar-refractivity contribution in [2.45, 2.75) is 25.7 Å². The molecule has 1 aromatic heterocycles. The van der Waals surface area contributed by atoms with Gasteiger partial charge in [0.2, 0.25) is 5.91 Å². The number of amides is 3. The largest absolute Gasteiger partial charge is 0.348 e. The van der Waals surface area contributed by atoms with E-state index in [0.717, 1.165) is 30.9 Å². The summed E-state index contributed by atoms with van der Waals surface area (Å²) in [6.45, 7) is 2.89. The summed E-state index contributed by atoms with van der Waals surface area (Å²) >= 11 is 0. The smallest absolute Gasteiger partial charge is 0.321 e. The van der Waals surface area contributed by atoms with Gasteiger partial charge in [-0.15, -0.1) is 0 Å². The quantitative estimate of drug-likeness (QED) is 0.901. The fourth-order valence-corrected chi connectivity index (χ4v) is 3.06. The Bertz CT molecular complexity index is 744. The molecular formula is C18H23N5O2. The van der Waals surface area contributed by atoms with Gasteiger partial charge in [0.15, 0.2) is 0 Å². The Kier molecular flexibility index (Phi) is 5.02. The van der Waals surface area contributed by atoms with E-state index in [1.807, 2.05) is 29.3 Å². The van der Waals surface area contributed by atoms with E-state index in [1.54, 1.807) is 24.2 Å². The lowest BCUT2D eigenvalue weighted by molar-refractivity contribution is -0.116. The van der Waals surface area contributed by atoms with Crippen molar-refractivity contribution >= 4 is 23.3 Å². The van der Waals surface area contributed by atoms with Crippen LogP contribution in [0.4, 0.5) is 16.2 Å². The number of likely N-dealkylation sites (tertiary alicyclic amines) is 1. The molecule has 1 aromatic carbocycles. The highest BCUT2D eigenvalue weighted by Gasteiger charge is 2.26. The molecule has 1 atom stereocenters. The predicted molar refractivity (Wildman–Crippen MR) is 96.7 cm³/mol. The molecule has 0 aliphatic carbocycles. The van der Waals surface area contributed by atoms with E-state index < -0.39 is 0 Å². The van der Waals surface area contributed by atoms with Crippen LogP contribution in [-0.4, -0.2) is 46.9 Å². The van der Waals surface area contributed by atoms with Crippen LogP contribution in [-0.2, 0) is 4.79 Å². The van der Waals surface area contributed by atoms with Gasteiger partial charge in [0.25, 0.3) is 0 Å². The minimum absolute atomic E-state index is 0.0548. The van der Waals surface area contributed by atoms with Crippen molar-refractivity contribution < 1.29 is 9.59 Å². The average Bonchev–Trinajstić information content (AvgIpc) is 3.16. The third kappa shape index (κ3) is 3.99. The summed E-state index contributed by atoms with van der Waals surface area (Å²) in [5.74, 6) is 1.12. The number of anilines is 2. The Balaban J connectivity index is 1.66. The van der Waals surface area contributed by atoms with Gasteiger partial charge in [-0.1, -0.05) is 6.07 Å². The molecule has 0 bridgehead atoms. The minimum atomic E-state index is -0.126. The lowest BCUT2D eigenvalue weighted by atomic mass is 9.98. The summed E-state index contributed by atoms with van der Waals surface area (Å²) in [7, 11) is 1.71. The monoisotopic (exact) mass is 341 g/mol. The maximum atomic E-state index is 12.6. The first-order valence-electron chi connectivity index (χ1n) is 8.44. The van der Waals surface area contributed by atoms with Crippen molar-refractivity contribution in [3.63, 3.8) is 0 Å². The van der Waals surface area contributed by atoms with E-state index in [0.29, 0.717) is 12.2 Å². The summed E-state index contributed by atoms with van der Waals surface area (Å²) in [6, 6.07) is 7.16. The molecule has 3 rings (SSSR count). The molecule has 0 radical (unpaired) electrons. The number of urea groups is 1. The first kappa shape index (κ1) is 17.0. The minimum Gasteiger partial charge on any atom is -0.348 e. The van der Waals surface area contributed by atoms with Crippen LogP contribution in [0.5, 0.6) is 0 Å². The van der Waals surface area contributed by atoms with Gasteiger partial charge in [-0.3, -0.25) is 4.79 Å². The van der Waals surface area contributed by atoms with Crippen LogP contribution < -0.4 is 10.2 Å². The summed E-state index contributed by atoms with van der Waals surface area (Å²) in [6.07, 6.45) is 5.53. The van der Waals surface area contributed by atoms with Crippen LogP contribution >= 0.6 is 0 Å². The molecule has 2 heterocycles. The second-order valence-electron chi connectivity index (χ2n) is 6.32. The lowest BCUT2D eigenvalue weighted by Gasteiger charge is -2.32. The maximum absolute atomic E-state index is 12.6. The summed E-state index contributed by atoms with van der Waals surface area (Å²) in [5.41, 5.74) is 1.42. The van der Waals surface area contributed by atoms with Gasteiger partial charge in [0, 0.05) is 56.7 Å². The highest BCUT2D eigenvalue weighted by molar-refractivity contribution is 5.93. The molecule has 0 saturated carbocycles. The third-order valence-corrected chi connectivity index (χ3v) is 4.57. The van der Waals surface area contributed by atoms with Gasteiger partial charge in [-0.2, -0.15) is 0 Å². The van der Waals surface area contributed by atoms with E-state index in [1.165, 1.54) is 6.92 Å². The van der Waals surface area contributed by atoms with Gasteiger partial charge in [-0.25, -0.2) is 9.78 Å². The number of hydrogen-bond donors (Lipinski definition) is 2. The zero-order valence-corrected chi connectivity index (χ0v) is 14.5. The van der Waals surface area contributed by atoms with Crippen molar-refractivity contribution in [2.75, 3.05) is 30.4 Å². The summed E-state index contributed by atoms with van der Waals surface area (Å²) in [5, 5.41) is 2.93. The molecule has 3 amide bonds. The summed E-state index contributed by atoms with van der Waals surface area (Å²) in [4.78, 5) is 34.9. The molecule has 1 aliphatic heterocycles. The van der Waals surface area contributed by atoms with Gasteiger partial charge in [0.05, 0.1) is 0 Å². The van der Waals surface area contributed by atoms with Gasteiger partial charge in [-0.05, 0) is 31.0 Å². The van der Waals surface area contributed by atoms with Crippen molar-refractivity contribution in [2.24, 2.45) is 0 Å². The van der Waals surface area contributed by atoms with Crippen LogP contribution in [0.15, 0.2) is 36.7 Å². The number of hydrogen-bond acceptors (Lipinski definition) is 3. The van der Waals surface area contributed by atoms with Gasteiger partial charge in [0.1, 0.15) is 5.82 Å². The summed E-state index contributed by atoms with van der Waals surface area (Å²) < 4.78 is 0. The van der Waals surface area contributed by atoms with Crippen molar-refractivity contribution in [1.82, 2.24) is 14.9 Å². The number of piperidine rings is 1. The Labute approximate surface area is 147 Å². The second-order valence-corrected chi connectivity index (χ2v) is 6.32. The van der Waals surface area contributed by atoms with Crippen LogP contribution in [0, 0.1) is 0 Å². The highest BCUT2D eigenvalue weighted by Crippen LogP contribution is 2.25. The number of benzene rings is 1. The SMILES string of the molecule is CC(=O)N(C)c1cccc(NC(=O)N2CCC[C@@H](c3ncc[nH]3)C2)c1. The van der Waals surface area contributed by atoms with E-state index >= 15 is 0 Å². The van der Waals surface area contributed by atoms with Crippen LogP contribution in [0.3, 0.4) is 0 Å². The van der Waals surface area contributed by atoms with Crippen molar-refractivity contribution in [1.29, 1.82) is 0 Å². The molecule has 2 aromatic rings. The molecule has 7 heteroatoms. The number of imidazole rings is 1. The number of carbonyl (C=O) groups is 2. The van der Waals surface area contributed by atoms with Crippen molar-refractivity contribution in [3.05, 3.63) is 42.5 Å². The van der Waals surface area contributed by atoms with E-state index in [-0.39, 0.29) is 17.9 Å². The van der Waals surface area contributed by atoms with Crippen LogP contribution in [0.2, 0.25) is 0 Å². The zero-order chi connectivity index (χ0) is 17.8. The molecule has 132 valence electrons. The first-order valence-corrected chi connectivity index (χ1v) is 8.44. The predicted octanol–water partition coefficient (Wildman–Crippen LogP) is 2.80. The van der Waals surface area contributed by atoms with E-state index in [4.69, 9.17) is 0 Å². The van der Waals surface area contributed by atoms with Crippen LogP contribution in [0.25, 0.3) is 0 Å². The fraction of sp³-hybridized carbons (Fsp3) is 0.389. The molecule has 0 unspecified atom stereocenters. The Morgan fingerprint density at radius 1 is 1.40 bits per heavy atom. The Hall–Kier alpha value is -2.83. The number of H-pyrrole nitrogens is 1. The fourth-order valence-electron chi connectivity index (χ4n) is 3.06. The second kappa shape index (κ2) is 7.38. The number of rotatable bonds is 3. The number of nitrogens with zero attached hydrogens (tertiary/aromatic N) is 3. The standard InChI is InChI=1S/C18H23N5O2/c1-13(24)22(2)16-7-3-6-15(11-16)21-18(25)23-10-4-5-14(12-23)17-19-8-9-20-17/h3,6-9,11,14H,4-5,10,12H2,1-2H3,(H,19,20)(H,21,25)/t14-/m1/s1. The molecule has 7 nitrogen and oxygen atoms in total. The Morgan fingerprint density at radius 3 is 2.96 bits per heavy atom. The molecule has 0 spiro atoms. The normalized spacial score (nSPS) is 17.2. The maximum Gasteiger partial charge on any atom is 0.321 e. The zero-order valence-electron chi connectivity index (χ0n) is 14.5. The molecule has 25 heavy (non-hydrogen) atoms. The molecule has 1 aliphatic rings. The number of aromatic amines is 1. The first-order chi connectivity index (χ1) is 12.0.